The Morgan fingerprint density at radius 3 is 1.81 bits per heavy atom. The SMILES string of the molecule is C=CCC(OC1=C(F)C(F)(F)C(F)(F)C1(F)F)C(F)(F)F. The molecule has 122 valence electrons. The summed E-state index contributed by atoms with van der Waals surface area (Å²) in [6.45, 7) is 2.83. The lowest BCUT2D eigenvalue weighted by Gasteiger charge is -2.26. The van der Waals surface area contributed by atoms with Gasteiger partial charge in [-0.15, -0.1) is 6.58 Å². The molecule has 0 radical (unpaired) electrons. The summed E-state index contributed by atoms with van der Waals surface area (Å²) in [4.78, 5) is 0. The summed E-state index contributed by atoms with van der Waals surface area (Å²) in [5.74, 6) is -24.6. The quantitative estimate of drug-likeness (QED) is 0.540. The predicted molar refractivity (Wildman–Crippen MR) is 48.7 cm³/mol. The Labute approximate surface area is 110 Å². The van der Waals surface area contributed by atoms with Crippen LogP contribution in [0.25, 0.3) is 0 Å². The monoisotopic (exact) mass is 332 g/mol. The maximum absolute atomic E-state index is 13.1. The van der Waals surface area contributed by atoms with Crippen LogP contribution in [0.5, 0.6) is 0 Å². The van der Waals surface area contributed by atoms with Crippen LogP contribution in [0.1, 0.15) is 6.42 Å². The van der Waals surface area contributed by atoms with E-state index in [1.807, 2.05) is 0 Å². The molecule has 0 bridgehead atoms. The van der Waals surface area contributed by atoms with Crippen LogP contribution in [-0.4, -0.2) is 30.0 Å². The first-order chi connectivity index (χ1) is 9.21. The topological polar surface area (TPSA) is 9.23 Å². The van der Waals surface area contributed by atoms with Gasteiger partial charge in [-0.1, -0.05) is 6.08 Å². The maximum atomic E-state index is 13.1. The first-order valence-corrected chi connectivity index (χ1v) is 5.09. The first-order valence-electron chi connectivity index (χ1n) is 5.09. The van der Waals surface area contributed by atoms with E-state index in [4.69, 9.17) is 0 Å². The lowest BCUT2D eigenvalue weighted by Crippen LogP contribution is -2.49. The molecule has 0 aromatic carbocycles. The van der Waals surface area contributed by atoms with Crippen molar-refractivity contribution in [2.24, 2.45) is 0 Å². The molecule has 1 aliphatic carbocycles. The molecule has 21 heavy (non-hydrogen) atoms. The van der Waals surface area contributed by atoms with Crippen LogP contribution < -0.4 is 0 Å². The van der Waals surface area contributed by atoms with Crippen LogP contribution in [-0.2, 0) is 4.74 Å². The van der Waals surface area contributed by atoms with E-state index < -0.39 is 48.1 Å². The van der Waals surface area contributed by atoms with Gasteiger partial charge in [0.1, 0.15) is 0 Å². The van der Waals surface area contributed by atoms with Gasteiger partial charge in [-0.05, 0) is 0 Å². The van der Waals surface area contributed by atoms with Gasteiger partial charge in [-0.3, -0.25) is 0 Å². The Morgan fingerprint density at radius 1 is 1.05 bits per heavy atom. The van der Waals surface area contributed by atoms with E-state index in [1.165, 1.54) is 0 Å². The second-order valence-electron chi connectivity index (χ2n) is 4.04. The van der Waals surface area contributed by atoms with Crippen LogP contribution in [0.15, 0.2) is 24.2 Å². The molecular weight excluding hydrogens is 326 g/mol. The van der Waals surface area contributed by atoms with Crippen molar-refractivity contribution in [2.45, 2.75) is 36.5 Å². The van der Waals surface area contributed by atoms with Gasteiger partial charge < -0.3 is 4.74 Å². The highest BCUT2D eigenvalue weighted by Gasteiger charge is 2.83. The normalized spacial score (nSPS) is 24.9. The molecule has 0 heterocycles. The number of halogens is 10. The van der Waals surface area contributed by atoms with Gasteiger partial charge in [0.25, 0.3) is 0 Å². The van der Waals surface area contributed by atoms with Gasteiger partial charge in [0, 0.05) is 6.42 Å². The second-order valence-corrected chi connectivity index (χ2v) is 4.04. The predicted octanol–water partition coefficient (Wildman–Crippen LogP) is 4.61. The first kappa shape index (κ1) is 17.6. The van der Waals surface area contributed by atoms with E-state index in [0.29, 0.717) is 6.08 Å². The zero-order valence-electron chi connectivity index (χ0n) is 9.76. The Morgan fingerprint density at radius 2 is 1.52 bits per heavy atom. The Hall–Kier alpha value is -1.42. The fourth-order valence-corrected chi connectivity index (χ4v) is 1.43. The zero-order chi connectivity index (χ0) is 16.9. The summed E-state index contributed by atoms with van der Waals surface area (Å²) in [6.07, 6.45) is -9.32. The molecule has 0 amide bonds. The summed E-state index contributed by atoms with van der Waals surface area (Å²) < 4.78 is 131. The van der Waals surface area contributed by atoms with Crippen molar-refractivity contribution in [1.29, 1.82) is 0 Å². The minimum atomic E-state index is -6.25. The fraction of sp³-hybridized carbons (Fsp3) is 0.600. The number of alkyl halides is 9. The van der Waals surface area contributed by atoms with Gasteiger partial charge in [0.05, 0.1) is 0 Å². The standard InChI is InChI=1S/C10H6F10O/c1-2-3-4(9(16,17)18)21-6-5(11)7(12,13)10(19,20)8(6,14)15/h2,4H,1,3H2. The van der Waals surface area contributed by atoms with E-state index in [2.05, 4.69) is 11.3 Å². The Balaban J connectivity index is 3.28. The molecule has 1 aliphatic rings. The minimum Gasteiger partial charge on any atom is -0.476 e. The molecule has 0 aliphatic heterocycles. The third kappa shape index (κ3) is 2.46. The lowest BCUT2D eigenvalue weighted by atomic mass is 10.1. The summed E-state index contributed by atoms with van der Waals surface area (Å²) in [5.41, 5.74) is 0. The van der Waals surface area contributed by atoms with Crippen LogP contribution in [0.3, 0.4) is 0 Å². The van der Waals surface area contributed by atoms with E-state index in [9.17, 15) is 43.9 Å². The molecule has 0 N–H and O–H groups in total. The lowest BCUT2D eigenvalue weighted by molar-refractivity contribution is -0.281. The average Bonchev–Trinajstić information content (AvgIpc) is 2.38. The highest BCUT2D eigenvalue weighted by atomic mass is 19.4. The van der Waals surface area contributed by atoms with Crippen molar-refractivity contribution >= 4 is 0 Å². The molecule has 1 atom stereocenters. The summed E-state index contributed by atoms with van der Waals surface area (Å²) in [7, 11) is 0. The largest absolute Gasteiger partial charge is 0.476 e. The maximum Gasteiger partial charge on any atom is 0.425 e. The Kier molecular flexibility index (Phi) is 4.03. The second kappa shape index (κ2) is 4.80. The molecule has 0 aromatic rings. The third-order valence-corrected chi connectivity index (χ3v) is 2.55. The highest BCUT2D eigenvalue weighted by molar-refractivity contribution is 5.33. The van der Waals surface area contributed by atoms with Crippen molar-refractivity contribution in [3.05, 3.63) is 24.2 Å². The molecular formula is C10H6F10O. The summed E-state index contributed by atoms with van der Waals surface area (Å²) in [5, 5.41) is 0. The van der Waals surface area contributed by atoms with Crippen LogP contribution in [0.4, 0.5) is 43.9 Å². The number of allylic oxidation sites excluding steroid dienone is 2. The van der Waals surface area contributed by atoms with E-state index >= 15 is 0 Å². The van der Waals surface area contributed by atoms with Crippen molar-refractivity contribution in [2.75, 3.05) is 0 Å². The molecule has 1 rings (SSSR count). The van der Waals surface area contributed by atoms with Crippen molar-refractivity contribution in [1.82, 2.24) is 0 Å². The third-order valence-electron chi connectivity index (χ3n) is 2.55. The van der Waals surface area contributed by atoms with Gasteiger partial charge in [-0.25, -0.2) is 4.39 Å². The van der Waals surface area contributed by atoms with Gasteiger partial charge in [-0.2, -0.15) is 39.5 Å². The van der Waals surface area contributed by atoms with Crippen molar-refractivity contribution in [3.8, 4) is 0 Å². The molecule has 1 unspecified atom stereocenters. The summed E-state index contributed by atoms with van der Waals surface area (Å²) >= 11 is 0. The van der Waals surface area contributed by atoms with Crippen LogP contribution >= 0.6 is 0 Å². The van der Waals surface area contributed by atoms with Crippen LogP contribution in [0.2, 0.25) is 0 Å². The van der Waals surface area contributed by atoms with E-state index in [-0.39, 0.29) is 0 Å². The molecule has 11 heteroatoms. The smallest absolute Gasteiger partial charge is 0.425 e. The molecule has 0 saturated heterocycles. The number of hydrogen-bond acceptors (Lipinski definition) is 1. The Bertz CT molecular complexity index is 461. The van der Waals surface area contributed by atoms with E-state index in [0.717, 1.165) is 0 Å². The van der Waals surface area contributed by atoms with Crippen molar-refractivity contribution < 1.29 is 48.6 Å². The molecule has 1 nitrogen and oxygen atoms in total. The van der Waals surface area contributed by atoms with Gasteiger partial charge in [0.2, 0.25) is 11.6 Å². The number of hydrogen-bond donors (Lipinski definition) is 0. The average molecular weight is 332 g/mol. The fourth-order valence-electron chi connectivity index (χ4n) is 1.43. The molecule has 0 aromatic heterocycles. The van der Waals surface area contributed by atoms with Gasteiger partial charge in [0.15, 0.2) is 6.10 Å². The molecule has 0 saturated carbocycles. The molecule has 0 fully saturated rings. The van der Waals surface area contributed by atoms with E-state index in [1.54, 1.807) is 0 Å². The zero-order valence-corrected chi connectivity index (χ0v) is 9.76. The van der Waals surface area contributed by atoms with Gasteiger partial charge >= 0.3 is 23.9 Å². The number of ether oxygens (including phenoxy) is 1. The minimum absolute atomic E-state index is 0.514. The molecule has 0 spiro atoms. The summed E-state index contributed by atoms with van der Waals surface area (Å²) in [6, 6.07) is 0. The van der Waals surface area contributed by atoms with Crippen molar-refractivity contribution in [3.63, 3.8) is 0 Å². The highest BCUT2D eigenvalue weighted by Crippen LogP contribution is 2.60. The number of rotatable bonds is 4. The van der Waals surface area contributed by atoms with Crippen LogP contribution in [0, 0.1) is 0 Å².